The quantitative estimate of drug-likeness (QED) is 0.861. The first kappa shape index (κ1) is 19.2. The lowest BCUT2D eigenvalue weighted by Gasteiger charge is -2.15. The van der Waals surface area contributed by atoms with Crippen molar-refractivity contribution < 1.29 is 17.9 Å². The van der Waals surface area contributed by atoms with E-state index in [1.807, 2.05) is 0 Å². The largest absolute Gasteiger partial charge is 0.496 e. The molecule has 0 aromatic heterocycles. The molecule has 0 radical (unpaired) electrons. The molecule has 0 spiro atoms. The number of amides is 1. The number of hydrogen-bond donors (Lipinski definition) is 1. The van der Waals surface area contributed by atoms with Gasteiger partial charge in [0.15, 0.2) is 0 Å². The molecule has 6 nitrogen and oxygen atoms in total. The van der Waals surface area contributed by atoms with Crippen molar-refractivity contribution in [2.24, 2.45) is 0 Å². The van der Waals surface area contributed by atoms with Gasteiger partial charge in [-0.2, -0.15) is 0 Å². The van der Waals surface area contributed by atoms with E-state index in [9.17, 15) is 13.2 Å². The van der Waals surface area contributed by atoms with Crippen molar-refractivity contribution in [1.82, 2.24) is 4.31 Å². The number of hydrogen-bond acceptors (Lipinski definition) is 4. The Hall–Kier alpha value is -2.09. The van der Waals surface area contributed by atoms with E-state index in [-0.39, 0.29) is 10.5 Å². The minimum atomic E-state index is -3.61. The Morgan fingerprint density at radius 2 is 1.84 bits per heavy atom. The highest BCUT2D eigenvalue weighted by Gasteiger charge is 2.21. The lowest BCUT2D eigenvalue weighted by molar-refractivity contribution is 0.102. The first-order valence-corrected chi connectivity index (χ1v) is 9.16. The number of anilines is 1. The predicted molar refractivity (Wildman–Crippen MR) is 98.0 cm³/mol. The van der Waals surface area contributed by atoms with Gasteiger partial charge in [-0.15, -0.1) is 0 Å². The van der Waals surface area contributed by atoms with Crippen molar-refractivity contribution in [3.63, 3.8) is 0 Å². The summed E-state index contributed by atoms with van der Waals surface area (Å²) >= 11 is 5.94. The lowest BCUT2D eigenvalue weighted by Crippen LogP contribution is -2.23. The Morgan fingerprint density at radius 1 is 1.16 bits per heavy atom. The van der Waals surface area contributed by atoms with Crippen molar-refractivity contribution in [2.45, 2.75) is 11.8 Å². The van der Waals surface area contributed by atoms with Crippen LogP contribution in [0.5, 0.6) is 5.75 Å². The van der Waals surface area contributed by atoms with Gasteiger partial charge >= 0.3 is 0 Å². The maximum Gasteiger partial charge on any atom is 0.259 e. The Labute approximate surface area is 152 Å². The molecule has 134 valence electrons. The molecule has 0 fully saturated rings. The number of sulfonamides is 1. The molecule has 0 aliphatic carbocycles. The smallest absolute Gasteiger partial charge is 0.259 e. The Balaban J connectivity index is 2.39. The summed E-state index contributed by atoms with van der Waals surface area (Å²) in [5, 5.41) is 3.07. The molecule has 0 aliphatic rings. The molecule has 2 aromatic rings. The molecule has 2 rings (SSSR count). The first-order valence-electron chi connectivity index (χ1n) is 7.35. The fourth-order valence-corrected chi connectivity index (χ4v) is 3.52. The van der Waals surface area contributed by atoms with Gasteiger partial charge in [0, 0.05) is 24.8 Å². The molecule has 25 heavy (non-hydrogen) atoms. The number of carbonyl (C=O) groups excluding carboxylic acids is 1. The van der Waals surface area contributed by atoms with E-state index >= 15 is 0 Å². The van der Waals surface area contributed by atoms with Crippen LogP contribution in [0, 0.1) is 6.92 Å². The van der Waals surface area contributed by atoms with Crippen molar-refractivity contribution in [1.29, 1.82) is 0 Å². The van der Waals surface area contributed by atoms with Gasteiger partial charge in [-0.1, -0.05) is 17.7 Å². The van der Waals surface area contributed by atoms with Crippen LogP contribution in [0.15, 0.2) is 41.3 Å². The third-order valence-electron chi connectivity index (χ3n) is 3.61. The predicted octanol–water partition coefficient (Wildman–Crippen LogP) is 3.16. The van der Waals surface area contributed by atoms with Gasteiger partial charge in [-0.3, -0.25) is 4.79 Å². The molecule has 0 atom stereocenters. The molecule has 0 saturated heterocycles. The molecule has 0 aliphatic heterocycles. The normalized spacial score (nSPS) is 11.4. The summed E-state index contributed by atoms with van der Waals surface area (Å²) in [7, 11) is 0.749. The number of carbonyl (C=O) groups is 1. The topological polar surface area (TPSA) is 75.7 Å². The van der Waals surface area contributed by atoms with E-state index in [0.717, 1.165) is 4.31 Å². The maximum absolute atomic E-state index is 12.5. The molecular formula is C17H19ClN2O4S. The molecule has 1 N–H and O–H groups in total. The second-order valence-corrected chi connectivity index (χ2v) is 8.12. The Morgan fingerprint density at radius 3 is 2.44 bits per heavy atom. The molecular weight excluding hydrogens is 364 g/mol. The zero-order valence-electron chi connectivity index (χ0n) is 14.3. The van der Waals surface area contributed by atoms with Crippen molar-refractivity contribution >= 4 is 33.2 Å². The van der Waals surface area contributed by atoms with Gasteiger partial charge in [0.05, 0.1) is 17.6 Å². The average molecular weight is 383 g/mol. The van der Waals surface area contributed by atoms with Gasteiger partial charge in [0.25, 0.3) is 5.91 Å². The van der Waals surface area contributed by atoms with Crippen LogP contribution in [0.2, 0.25) is 5.02 Å². The fourth-order valence-electron chi connectivity index (χ4n) is 2.21. The third-order valence-corrected chi connectivity index (χ3v) is 5.80. The Bertz CT molecular complexity index is 911. The highest BCUT2D eigenvalue weighted by Crippen LogP contribution is 2.26. The monoisotopic (exact) mass is 382 g/mol. The van der Waals surface area contributed by atoms with E-state index < -0.39 is 15.9 Å². The van der Waals surface area contributed by atoms with Gasteiger partial charge in [0.1, 0.15) is 5.75 Å². The van der Waals surface area contributed by atoms with Crippen LogP contribution in [-0.2, 0) is 10.0 Å². The van der Waals surface area contributed by atoms with E-state index in [0.29, 0.717) is 22.0 Å². The summed E-state index contributed by atoms with van der Waals surface area (Å²) in [5.74, 6) is -0.0773. The molecule has 0 saturated carbocycles. The SMILES string of the molecule is COc1ccc(Cl)cc1C(=O)Nc1ccc(C)c(S(=O)(=O)N(C)C)c1. The molecule has 0 bridgehead atoms. The van der Waals surface area contributed by atoms with E-state index in [1.54, 1.807) is 31.2 Å². The summed E-state index contributed by atoms with van der Waals surface area (Å²) in [5.41, 5.74) is 1.21. The average Bonchev–Trinajstić information content (AvgIpc) is 2.56. The first-order chi connectivity index (χ1) is 11.7. The van der Waals surface area contributed by atoms with E-state index in [2.05, 4.69) is 5.32 Å². The van der Waals surface area contributed by atoms with Crippen LogP contribution >= 0.6 is 11.6 Å². The number of nitrogens with one attached hydrogen (secondary N) is 1. The highest BCUT2D eigenvalue weighted by molar-refractivity contribution is 7.89. The van der Waals surface area contributed by atoms with Gasteiger partial charge < -0.3 is 10.1 Å². The molecule has 0 heterocycles. The zero-order valence-corrected chi connectivity index (χ0v) is 15.9. The third kappa shape index (κ3) is 4.12. The molecule has 1 amide bonds. The second kappa shape index (κ2) is 7.43. The number of nitrogens with zero attached hydrogens (tertiary/aromatic N) is 1. The summed E-state index contributed by atoms with van der Waals surface area (Å²) in [4.78, 5) is 12.6. The van der Waals surface area contributed by atoms with Gasteiger partial charge in [-0.05, 0) is 42.8 Å². The number of rotatable bonds is 5. The number of halogens is 1. The molecule has 8 heteroatoms. The lowest BCUT2D eigenvalue weighted by atomic mass is 10.1. The van der Waals surface area contributed by atoms with Crippen LogP contribution in [0.1, 0.15) is 15.9 Å². The van der Waals surface area contributed by atoms with Crippen molar-refractivity contribution in [3.05, 3.63) is 52.5 Å². The standard InChI is InChI=1S/C17H19ClN2O4S/c1-11-5-7-13(10-16(11)25(22,23)20(2)3)19-17(21)14-9-12(18)6-8-15(14)24-4/h5-10H,1-4H3,(H,19,21). The Kier molecular flexibility index (Phi) is 5.72. The number of ether oxygens (including phenoxy) is 1. The van der Waals surface area contributed by atoms with E-state index in [4.69, 9.17) is 16.3 Å². The van der Waals surface area contributed by atoms with Crippen LogP contribution in [0.4, 0.5) is 5.69 Å². The number of aryl methyl sites for hydroxylation is 1. The maximum atomic E-state index is 12.5. The zero-order chi connectivity index (χ0) is 18.8. The highest BCUT2D eigenvalue weighted by atomic mass is 35.5. The van der Waals surface area contributed by atoms with Crippen molar-refractivity contribution in [2.75, 3.05) is 26.5 Å². The van der Waals surface area contributed by atoms with Gasteiger partial charge in [0.2, 0.25) is 10.0 Å². The van der Waals surface area contributed by atoms with Crippen molar-refractivity contribution in [3.8, 4) is 5.75 Å². The minimum Gasteiger partial charge on any atom is -0.496 e. The molecule has 2 aromatic carbocycles. The van der Waals surface area contributed by atoms with E-state index in [1.165, 1.54) is 33.3 Å². The van der Waals surface area contributed by atoms with Gasteiger partial charge in [-0.25, -0.2) is 12.7 Å². The fraction of sp³-hybridized carbons (Fsp3) is 0.235. The minimum absolute atomic E-state index is 0.133. The summed E-state index contributed by atoms with van der Waals surface area (Å²) in [6.45, 7) is 1.70. The second-order valence-electron chi connectivity index (χ2n) is 5.57. The summed E-state index contributed by atoms with van der Waals surface area (Å²) < 4.78 is 31.1. The van der Waals surface area contributed by atoms with Crippen LogP contribution in [-0.4, -0.2) is 39.8 Å². The molecule has 0 unspecified atom stereocenters. The number of benzene rings is 2. The summed E-state index contributed by atoms with van der Waals surface area (Å²) in [6.07, 6.45) is 0. The summed E-state index contributed by atoms with van der Waals surface area (Å²) in [6, 6.07) is 9.40. The van der Waals surface area contributed by atoms with Crippen LogP contribution in [0.25, 0.3) is 0 Å². The number of methoxy groups -OCH3 is 1. The van der Waals surface area contributed by atoms with Crippen LogP contribution < -0.4 is 10.1 Å². The van der Waals surface area contributed by atoms with Crippen LogP contribution in [0.3, 0.4) is 0 Å².